The zero-order chi connectivity index (χ0) is 15.2. The van der Waals surface area contributed by atoms with Gasteiger partial charge in [-0.25, -0.2) is 4.79 Å². The lowest BCUT2D eigenvalue weighted by Crippen LogP contribution is -2.39. The van der Waals surface area contributed by atoms with Crippen molar-refractivity contribution < 1.29 is 14.3 Å². The van der Waals surface area contributed by atoms with Crippen LogP contribution >= 0.6 is 0 Å². The van der Waals surface area contributed by atoms with Crippen molar-refractivity contribution in [2.45, 2.75) is 38.2 Å². The topological polar surface area (TPSA) is 50.8 Å². The summed E-state index contributed by atoms with van der Waals surface area (Å²) in [6, 6.07) is 0.0912. The number of fused-ring (bicyclic) bond motifs is 1. The van der Waals surface area contributed by atoms with Gasteiger partial charge >= 0.3 is 6.03 Å². The fourth-order valence-electron chi connectivity index (χ4n) is 3.65. The first-order chi connectivity index (χ1) is 10.8. The van der Waals surface area contributed by atoms with Gasteiger partial charge < -0.3 is 19.7 Å². The number of allylic oxidation sites excluding steroid dienone is 2. The molecular formula is C17H28N2O3. The zero-order valence-electron chi connectivity index (χ0n) is 13.3. The first-order valence-electron chi connectivity index (χ1n) is 8.70. The molecule has 2 heterocycles. The lowest BCUT2D eigenvalue weighted by Gasteiger charge is -2.17. The Morgan fingerprint density at radius 3 is 2.73 bits per heavy atom. The molecule has 5 heteroatoms. The summed E-state index contributed by atoms with van der Waals surface area (Å²) >= 11 is 0. The third kappa shape index (κ3) is 4.23. The summed E-state index contributed by atoms with van der Waals surface area (Å²) in [5.74, 6) is 1.34. The van der Waals surface area contributed by atoms with Crippen LogP contribution in [0.25, 0.3) is 0 Å². The lowest BCUT2D eigenvalue weighted by molar-refractivity contribution is 0.0167. The Morgan fingerprint density at radius 2 is 2.05 bits per heavy atom. The highest BCUT2D eigenvalue weighted by molar-refractivity contribution is 5.74. The van der Waals surface area contributed by atoms with Crippen LogP contribution in [0.3, 0.4) is 0 Å². The summed E-state index contributed by atoms with van der Waals surface area (Å²) in [6.45, 7) is 4.77. The number of ether oxygens (including phenoxy) is 2. The van der Waals surface area contributed by atoms with Crippen molar-refractivity contribution in [1.82, 2.24) is 10.2 Å². The summed E-state index contributed by atoms with van der Waals surface area (Å²) in [6.07, 6.45) is 10.2. The van der Waals surface area contributed by atoms with Gasteiger partial charge in [-0.1, -0.05) is 12.2 Å². The standard InChI is InChI=1S/C17H28N2O3/c20-17(19-11-14-5-1-2-6-15(14)12-19)18-8-4-9-21-13-16-7-3-10-22-16/h1-2,14-16H,3-13H2,(H,18,20)/t14-,15+,16-/m1/s1. The Bertz CT molecular complexity index is 377. The van der Waals surface area contributed by atoms with Crippen molar-refractivity contribution in [3.8, 4) is 0 Å². The predicted molar refractivity (Wildman–Crippen MR) is 84.7 cm³/mol. The van der Waals surface area contributed by atoms with E-state index in [1.807, 2.05) is 4.90 Å². The first-order valence-corrected chi connectivity index (χ1v) is 8.70. The molecule has 3 aliphatic rings. The number of hydrogen-bond donors (Lipinski definition) is 1. The molecule has 0 radical (unpaired) electrons. The molecule has 2 saturated heterocycles. The number of nitrogens with zero attached hydrogens (tertiary/aromatic N) is 1. The summed E-state index contributed by atoms with van der Waals surface area (Å²) in [5.41, 5.74) is 0. The minimum atomic E-state index is 0.0912. The van der Waals surface area contributed by atoms with Gasteiger partial charge in [0.15, 0.2) is 0 Å². The number of carbonyl (C=O) groups is 1. The van der Waals surface area contributed by atoms with Crippen LogP contribution in [0, 0.1) is 11.8 Å². The molecule has 3 atom stereocenters. The molecule has 2 aliphatic heterocycles. The van der Waals surface area contributed by atoms with E-state index in [1.54, 1.807) is 0 Å². The SMILES string of the molecule is O=C(NCCCOC[C@H]1CCCO1)N1C[C@H]2CC=CC[C@H]2C1. The monoisotopic (exact) mass is 308 g/mol. The highest BCUT2D eigenvalue weighted by atomic mass is 16.5. The van der Waals surface area contributed by atoms with Gasteiger partial charge in [-0.05, 0) is 43.9 Å². The van der Waals surface area contributed by atoms with E-state index in [9.17, 15) is 4.79 Å². The molecule has 0 bridgehead atoms. The van der Waals surface area contributed by atoms with Crippen molar-refractivity contribution in [1.29, 1.82) is 0 Å². The average Bonchev–Trinajstić information content (AvgIpc) is 3.19. The molecule has 1 aliphatic carbocycles. The summed E-state index contributed by atoms with van der Waals surface area (Å²) in [7, 11) is 0. The highest BCUT2D eigenvalue weighted by Crippen LogP contribution is 2.32. The normalized spacial score (nSPS) is 30.5. The lowest BCUT2D eigenvalue weighted by atomic mass is 9.86. The van der Waals surface area contributed by atoms with Gasteiger partial charge in [0.25, 0.3) is 0 Å². The summed E-state index contributed by atoms with van der Waals surface area (Å²) in [5, 5.41) is 3.02. The van der Waals surface area contributed by atoms with E-state index in [-0.39, 0.29) is 12.1 Å². The van der Waals surface area contributed by atoms with Crippen LogP contribution in [0.5, 0.6) is 0 Å². The van der Waals surface area contributed by atoms with Crippen LogP contribution in [0.4, 0.5) is 4.79 Å². The van der Waals surface area contributed by atoms with Gasteiger partial charge in [0, 0.05) is 32.8 Å². The third-order valence-electron chi connectivity index (χ3n) is 4.98. The maximum Gasteiger partial charge on any atom is 0.317 e. The second kappa shape index (κ2) is 7.97. The van der Waals surface area contributed by atoms with Crippen LogP contribution in [-0.4, -0.2) is 56.5 Å². The molecule has 0 aromatic rings. The first kappa shape index (κ1) is 15.8. The molecule has 2 fully saturated rings. The number of hydrogen-bond acceptors (Lipinski definition) is 3. The smallest absolute Gasteiger partial charge is 0.317 e. The largest absolute Gasteiger partial charge is 0.379 e. The van der Waals surface area contributed by atoms with Crippen LogP contribution in [0.1, 0.15) is 32.1 Å². The molecule has 3 rings (SSSR count). The molecule has 1 N–H and O–H groups in total. The minimum Gasteiger partial charge on any atom is -0.379 e. The average molecular weight is 308 g/mol. The van der Waals surface area contributed by atoms with Crippen LogP contribution in [0.2, 0.25) is 0 Å². The van der Waals surface area contributed by atoms with E-state index >= 15 is 0 Å². The molecule has 5 nitrogen and oxygen atoms in total. The molecule has 0 spiro atoms. The van der Waals surface area contributed by atoms with E-state index in [0.717, 1.165) is 51.8 Å². The summed E-state index contributed by atoms with van der Waals surface area (Å²) in [4.78, 5) is 14.1. The van der Waals surface area contributed by atoms with Gasteiger partial charge in [0.2, 0.25) is 0 Å². The van der Waals surface area contributed by atoms with Gasteiger partial charge in [-0.3, -0.25) is 0 Å². The van der Waals surface area contributed by atoms with E-state index in [2.05, 4.69) is 17.5 Å². The fraction of sp³-hybridized carbons (Fsp3) is 0.824. The molecule has 124 valence electrons. The number of carbonyl (C=O) groups excluding carboxylic acids is 1. The van der Waals surface area contributed by atoms with Gasteiger partial charge in [0.05, 0.1) is 12.7 Å². The van der Waals surface area contributed by atoms with Crippen LogP contribution < -0.4 is 5.32 Å². The maximum absolute atomic E-state index is 12.2. The van der Waals surface area contributed by atoms with Gasteiger partial charge in [0.1, 0.15) is 0 Å². The summed E-state index contributed by atoms with van der Waals surface area (Å²) < 4.78 is 11.1. The fourth-order valence-corrected chi connectivity index (χ4v) is 3.65. The van der Waals surface area contributed by atoms with E-state index in [1.165, 1.54) is 0 Å². The quantitative estimate of drug-likeness (QED) is 0.604. The molecule has 0 aromatic heterocycles. The Hall–Kier alpha value is -1.07. The van der Waals surface area contributed by atoms with Crippen molar-refractivity contribution in [3.63, 3.8) is 0 Å². The van der Waals surface area contributed by atoms with Crippen LogP contribution in [-0.2, 0) is 9.47 Å². The molecule has 0 aromatic carbocycles. The van der Waals surface area contributed by atoms with E-state index < -0.39 is 0 Å². The third-order valence-corrected chi connectivity index (χ3v) is 4.98. The number of nitrogens with one attached hydrogen (secondary N) is 1. The van der Waals surface area contributed by atoms with Crippen molar-refractivity contribution in [3.05, 3.63) is 12.2 Å². The number of rotatable bonds is 6. The Morgan fingerprint density at radius 1 is 1.27 bits per heavy atom. The van der Waals surface area contributed by atoms with Gasteiger partial charge in [-0.2, -0.15) is 0 Å². The minimum absolute atomic E-state index is 0.0912. The molecule has 0 saturated carbocycles. The van der Waals surface area contributed by atoms with Crippen molar-refractivity contribution in [2.24, 2.45) is 11.8 Å². The zero-order valence-corrected chi connectivity index (χ0v) is 13.3. The Kier molecular flexibility index (Phi) is 5.73. The van der Waals surface area contributed by atoms with Crippen molar-refractivity contribution in [2.75, 3.05) is 39.5 Å². The highest BCUT2D eigenvalue weighted by Gasteiger charge is 2.34. The maximum atomic E-state index is 12.2. The van der Waals surface area contributed by atoms with Crippen molar-refractivity contribution >= 4 is 6.03 Å². The number of amides is 2. The Balaban J connectivity index is 1.24. The Labute approximate surface area is 133 Å². The van der Waals surface area contributed by atoms with Gasteiger partial charge in [-0.15, -0.1) is 0 Å². The molecule has 0 unspecified atom stereocenters. The molecular weight excluding hydrogens is 280 g/mol. The number of urea groups is 1. The van der Waals surface area contributed by atoms with Crippen LogP contribution in [0.15, 0.2) is 12.2 Å². The van der Waals surface area contributed by atoms with E-state index in [0.29, 0.717) is 31.6 Å². The molecule has 2 amide bonds. The second-order valence-corrected chi connectivity index (χ2v) is 6.66. The molecule has 22 heavy (non-hydrogen) atoms. The van der Waals surface area contributed by atoms with E-state index in [4.69, 9.17) is 9.47 Å². The predicted octanol–water partition coefficient (Wildman–Crippen LogP) is 2.18. The number of likely N-dealkylation sites (tertiary alicyclic amines) is 1. The second-order valence-electron chi connectivity index (χ2n) is 6.66.